The normalized spacial score (nSPS) is 10.7. The lowest BCUT2D eigenvalue weighted by molar-refractivity contribution is 0.617. The van der Waals surface area contributed by atoms with Gasteiger partial charge in [-0.3, -0.25) is 0 Å². The smallest absolute Gasteiger partial charge is 0.180 e. The molecule has 0 saturated carbocycles. The number of aryl methyl sites for hydroxylation is 1. The monoisotopic (exact) mass is 312 g/mol. The van der Waals surface area contributed by atoms with Crippen LogP contribution in [0.4, 0.5) is 4.39 Å². The summed E-state index contributed by atoms with van der Waals surface area (Å²) in [4.78, 5) is 0. The van der Waals surface area contributed by atoms with E-state index in [2.05, 4.69) is 29.5 Å². The molecule has 1 aromatic heterocycles. The Hall–Kier alpha value is 0.360. The van der Waals surface area contributed by atoms with Gasteiger partial charge < -0.3 is 0 Å². The maximum Gasteiger partial charge on any atom is 0.180 e. The van der Waals surface area contributed by atoms with Gasteiger partial charge in [0.1, 0.15) is 0 Å². The summed E-state index contributed by atoms with van der Waals surface area (Å²) in [6.45, 7) is 2.19. The van der Waals surface area contributed by atoms with Crippen molar-refractivity contribution in [3.63, 3.8) is 0 Å². The molecule has 0 fully saturated rings. The molecule has 1 aromatic rings. The Morgan fingerprint density at radius 2 is 2.15 bits per heavy atom. The zero-order valence-electron chi connectivity index (χ0n) is 7.78. The molecule has 3 heteroatoms. The fourth-order valence-electron chi connectivity index (χ4n) is 1.29. The number of unbranched alkanes of at least 4 members (excludes halogenated alkanes) is 3. The van der Waals surface area contributed by atoms with Crippen molar-refractivity contribution in [2.75, 3.05) is 0 Å². The Kier molecular flexibility index (Phi) is 5.24. The second-order valence-corrected chi connectivity index (χ2v) is 6.06. The van der Waals surface area contributed by atoms with E-state index in [0.717, 1.165) is 21.3 Å². The predicted molar refractivity (Wildman–Crippen MR) is 64.8 cm³/mol. The summed E-state index contributed by atoms with van der Waals surface area (Å²) in [5.41, 5.74) is 0.908. The van der Waals surface area contributed by atoms with Crippen molar-refractivity contribution in [2.45, 2.75) is 39.0 Å². The summed E-state index contributed by atoms with van der Waals surface area (Å²) in [7, 11) is 0. The van der Waals surface area contributed by atoms with Crippen LogP contribution in [0.1, 0.15) is 38.2 Å². The first kappa shape index (κ1) is 11.4. The molecule has 0 amide bonds. The van der Waals surface area contributed by atoms with Crippen molar-refractivity contribution >= 4 is 33.9 Å². The standard InChI is InChI=1S/C10H14FIS/c1-2-3-4-5-6-8-7-9(12)13-10(8)11/h7H,2-6H2,1H3. The highest BCUT2D eigenvalue weighted by atomic mass is 127. The first-order chi connectivity index (χ1) is 6.24. The molecular formula is C10H14FIS. The molecule has 0 aliphatic carbocycles. The van der Waals surface area contributed by atoms with Gasteiger partial charge in [0.25, 0.3) is 0 Å². The maximum atomic E-state index is 13.1. The van der Waals surface area contributed by atoms with Crippen molar-refractivity contribution in [3.8, 4) is 0 Å². The molecule has 0 saturated heterocycles. The summed E-state index contributed by atoms with van der Waals surface area (Å²) in [5, 5.41) is 0.0147. The van der Waals surface area contributed by atoms with E-state index >= 15 is 0 Å². The Balaban J connectivity index is 2.32. The van der Waals surface area contributed by atoms with Crippen molar-refractivity contribution in [3.05, 3.63) is 19.6 Å². The quantitative estimate of drug-likeness (QED) is 0.550. The SMILES string of the molecule is CCCCCCc1cc(I)sc1F. The minimum absolute atomic E-state index is 0.0147. The summed E-state index contributed by atoms with van der Waals surface area (Å²) >= 11 is 3.43. The van der Waals surface area contributed by atoms with Gasteiger partial charge in [0.15, 0.2) is 5.13 Å². The van der Waals surface area contributed by atoms with Gasteiger partial charge >= 0.3 is 0 Å². The van der Waals surface area contributed by atoms with Crippen LogP contribution in [-0.4, -0.2) is 0 Å². The Labute approximate surface area is 96.7 Å². The highest BCUT2D eigenvalue weighted by Gasteiger charge is 2.05. The van der Waals surface area contributed by atoms with Crippen LogP contribution in [0, 0.1) is 8.01 Å². The van der Waals surface area contributed by atoms with Gasteiger partial charge in [-0.2, -0.15) is 4.39 Å². The summed E-state index contributed by atoms with van der Waals surface area (Å²) in [5.74, 6) is 0. The third kappa shape index (κ3) is 3.94. The van der Waals surface area contributed by atoms with Crippen molar-refractivity contribution in [2.24, 2.45) is 0 Å². The van der Waals surface area contributed by atoms with Gasteiger partial charge in [0, 0.05) is 5.56 Å². The highest BCUT2D eigenvalue weighted by Crippen LogP contribution is 2.23. The molecule has 1 rings (SSSR count). The second kappa shape index (κ2) is 5.96. The van der Waals surface area contributed by atoms with Crippen LogP contribution in [0.2, 0.25) is 0 Å². The molecule has 0 spiro atoms. The first-order valence-electron chi connectivity index (χ1n) is 4.67. The summed E-state index contributed by atoms with van der Waals surface area (Å²) in [6.07, 6.45) is 5.76. The molecule has 0 radical (unpaired) electrons. The van der Waals surface area contributed by atoms with Crippen LogP contribution in [0.3, 0.4) is 0 Å². The highest BCUT2D eigenvalue weighted by molar-refractivity contribution is 14.1. The van der Waals surface area contributed by atoms with Crippen molar-refractivity contribution < 1.29 is 4.39 Å². The molecule has 13 heavy (non-hydrogen) atoms. The molecule has 0 atom stereocenters. The zero-order chi connectivity index (χ0) is 9.68. The lowest BCUT2D eigenvalue weighted by Crippen LogP contribution is -1.85. The van der Waals surface area contributed by atoms with Crippen molar-refractivity contribution in [1.82, 2.24) is 0 Å². The summed E-state index contributed by atoms with van der Waals surface area (Å²) < 4.78 is 14.2. The molecule has 0 nitrogen and oxygen atoms in total. The predicted octanol–water partition coefficient (Wildman–Crippen LogP) is 4.61. The van der Waals surface area contributed by atoms with Gasteiger partial charge in [-0.1, -0.05) is 37.5 Å². The van der Waals surface area contributed by atoms with Gasteiger partial charge in [0.05, 0.1) is 2.88 Å². The summed E-state index contributed by atoms with van der Waals surface area (Å²) in [6, 6.07) is 1.96. The molecule has 0 N–H and O–H groups in total. The molecular weight excluding hydrogens is 298 g/mol. The van der Waals surface area contributed by atoms with E-state index in [0.29, 0.717) is 0 Å². The van der Waals surface area contributed by atoms with E-state index in [9.17, 15) is 4.39 Å². The molecule has 0 aliphatic rings. The van der Waals surface area contributed by atoms with Crippen LogP contribution >= 0.6 is 33.9 Å². The third-order valence-electron chi connectivity index (χ3n) is 2.03. The minimum atomic E-state index is 0.0147. The molecule has 1 heterocycles. The van der Waals surface area contributed by atoms with E-state index in [-0.39, 0.29) is 5.13 Å². The third-order valence-corrected chi connectivity index (χ3v) is 3.75. The number of thiophene rings is 1. The fourth-order valence-corrected chi connectivity index (χ4v) is 2.91. The fraction of sp³-hybridized carbons (Fsp3) is 0.600. The molecule has 74 valence electrons. The zero-order valence-corrected chi connectivity index (χ0v) is 10.8. The number of hydrogen-bond donors (Lipinski definition) is 0. The second-order valence-electron chi connectivity index (χ2n) is 3.16. The molecule has 0 bridgehead atoms. The Morgan fingerprint density at radius 3 is 2.69 bits per heavy atom. The lowest BCUT2D eigenvalue weighted by atomic mass is 10.1. The average molecular weight is 312 g/mol. The minimum Gasteiger partial charge on any atom is -0.195 e. The van der Waals surface area contributed by atoms with E-state index < -0.39 is 0 Å². The van der Waals surface area contributed by atoms with Crippen LogP contribution in [0.25, 0.3) is 0 Å². The van der Waals surface area contributed by atoms with E-state index in [1.54, 1.807) is 0 Å². The first-order valence-corrected chi connectivity index (χ1v) is 6.57. The van der Waals surface area contributed by atoms with Crippen LogP contribution < -0.4 is 0 Å². The Bertz CT molecular complexity index is 257. The van der Waals surface area contributed by atoms with Gasteiger partial charge in [0.2, 0.25) is 0 Å². The largest absolute Gasteiger partial charge is 0.195 e. The number of halogens is 2. The number of hydrogen-bond acceptors (Lipinski definition) is 1. The Morgan fingerprint density at radius 1 is 1.38 bits per heavy atom. The molecule has 0 unspecified atom stereocenters. The topological polar surface area (TPSA) is 0 Å². The maximum absolute atomic E-state index is 13.1. The van der Waals surface area contributed by atoms with Gasteiger partial charge in [-0.25, -0.2) is 0 Å². The van der Waals surface area contributed by atoms with Gasteiger partial charge in [-0.05, 0) is 41.5 Å². The molecule has 0 aliphatic heterocycles. The van der Waals surface area contributed by atoms with Gasteiger partial charge in [-0.15, -0.1) is 0 Å². The van der Waals surface area contributed by atoms with Crippen LogP contribution in [-0.2, 0) is 6.42 Å². The number of rotatable bonds is 5. The van der Waals surface area contributed by atoms with E-state index in [1.807, 2.05) is 6.07 Å². The van der Waals surface area contributed by atoms with E-state index in [1.165, 1.54) is 30.6 Å². The van der Waals surface area contributed by atoms with Crippen LogP contribution in [0.15, 0.2) is 6.07 Å². The lowest BCUT2D eigenvalue weighted by Gasteiger charge is -1.97. The average Bonchev–Trinajstić information content (AvgIpc) is 2.39. The molecule has 0 aromatic carbocycles. The van der Waals surface area contributed by atoms with E-state index in [4.69, 9.17) is 0 Å². The van der Waals surface area contributed by atoms with Crippen molar-refractivity contribution in [1.29, 1.82) is 0 Å². The van der Waals surface area contributed by atoms with Crippen LogP contribution in [0.5, 0.6) is 0 Å².